The molecular weight excluding hydrogens is 198 g/mol. The van der Waals surface area contributed by atoms with E-state index in [0.29, 0.717) is 16.4 Å². The van der Waals surface area contributed by atoms with Gasteiger partial charge in [-0.3, -0.25) is 4.79 Å². The highest BCUT2D eigenvalue weighted by atomic mass is 16.7. The summed E-state index contributed by atoms with van der Waals surface area (Å²) in [7, 11) is 0. The number of amides is 1. The van der Waals surface area contributed by atoms with Gasteiger partial charge < -0.3 is 4.84 Å². The van der Waals surface area contributed by atoms with Gasteiger partial charge in [0.25, 0.3) is 0 Å². The number of hydroxylamine groups is 1. The standard InChI is InChI=1S/C8H7N5O2/c1-4-2-5-7-6(8(14)13(9)15-5)10-3-11-12(4)7/h2-3H,9H2,1H3. The summed E-state index contributed by atoms with van der Waals surface area (Å²) in [4.78, 5) is 20.6. The van der Waals surface area contributed by atoms with E-state index in [1.807, 2.05) is 6.92 Å². The molecule has 3 rings (SSSR count). The molecule has 0 aliphatic carbocycles. The van der Waals surface area contributed by atoms with E-state index >= 15 is 0 Å². The van der Waals surface area contributed by atoms with Crippen LogP contribution in [0, 0.1) is 6.92 Å². The molecule has 0 saturated heterocycles. The van der Waals surface area contributed by atoms with Crippen LogP contribution in [0.15, 0.2) is 12.4 Å². The van der Waals surface area contributed by atoms with Crippen LogP contribution in [0.4, 0.5) is 0 Å². The molecule has 15 heavy (non-hydrogen) atoms. The van der Waals surface area contributed by atoms with Crippen LogP contribution in [0.2, 0.25) is 0 Å². The minimum Gasteiger partial charge on any atom is -0.358 e. The van der Waals surface area contributed by atoms with Crippen molar-refractivity contribution in [2.75, 3.05) is 0 Å². The van der Waals surface area contributed by atoms with Gasteiger partial charge in [0.15, 0.2) is 11.4 Å². The first kappa shape index (κ1) is 8.18. The van der Waals surface area contributed by atoms with Crippen molar-refractivity contribution in [3.63, 3.8) is 0 Å². The highest BCUT2D eigenvalue weighted by molar-refractivity contribution is 6.01. The van der Waals surface area contributed by atoms with Gasteiger partial charge in [0, 0.05) is 11.8 Å². The van der Waals surface area contributed by atoms with Gasteiger partial charge in [0.2, 0.25) is 0 Å². The van der Waals surface area contributed by atoms with Crippen LogP contribution >= 0.6 is 0 Å². The third-order valence-electron chi connectivity index (χ3n) is 2.30. The molecule has 2 aromatic rings. The predicted molar refractivity (Wildman–Crippen MR) is 48.7 cm³/mol. The second-order valence-electron chi connectivity index (χ2n) is 3.24. The van der Waals surface area contributed by atoms with E-state index in [9.17, 15) is 4.79 Å². The van der Waals surface area contributed by atoms with Crippen molar-refractivity contribution < 1.29 is 9.63 Å². The molecule has 1 amide bonds. The van der Waals surface area contributed by atoms with Crippen LogP contribution in [0.25, 0.3) is 5.52 Å². The van der Waals surface area contributed by atoms with E-state index in [4.69, 9.17) is 10.7 Å². The summed E-state index contributed by atoms with van der Waals surface area (Å²) < 4.78 is 1.60. The van der Waals surface area contributed by atoms with Crippen molar-refractivity contribution in [2.45, 2.75) is 6.92 Å². The molecule has 7 heteroatoms. The number of aromatic nitrogens is 3. The van der Waals surface area contributed by atoms with Crippen LogP contribution in [-0.4, -0.2) is 25.7 Å². The maximum Gasteiger partial charge on any atom is 0.323 e. The molecule has 1 aliphatic rings. The van der Waals surface area contributed by atoms with Crippen molar-refractivity contribution in [1.29, 1.82) is 0 Å². The SMILES string of the molecule is Cc1cc2c3c(ncnn13)C(=O)N(N)O2. The topological polar surface area (TPSA) is 85.8 Å². The fraction of sp³-hybridized carbons (Fsp3) is 0.125. The number of hydrogen-bond donors (Lipinski definition) is 1. The minimum absolute atomic E-state index is 0.252. The highest BCUT2D eigenvalue weighted by Crippen LogP contribution is 2.29. The lowest BCUT2D eigenvalue weighted by Gasteiger charge is -2.20. The molecule has 2 N–H and O–H groups in total. The molecular formula is C8H7N5O2. The van der Waals surface area contributed by atoms with E-state index in [1.165, 1.54) is 6.33 Å². The van der Waals surface area contributed by atoms with Crippen LogP contribution in [0.3, 0.4) is 0 Å². The summed E-state index contributed by atoms with van der Waals surface area (Å²) in [5.74, 6) is 5.38. The van der Waals surface area contributed by atoms with Gasteiger partial charge in [-0.05, 0) is 6.92 Å². The summed E-state index contributed by atoms with van der Waals surface area (Å²) >= 11 is 0. The Morgan fingerprint density at radius 1 is 1.53 bits per heavy atom. The van der Waals surface area contributed by atoms with Gasteiger partial charge in [-0.2, -0.15) is 5.10 Å². The number of carbonyl (C=O) groups is 1. The Morgan fingerprint density at radius 3 is 3.13 bits per heavy atom. The van der Waals surface area contributed by atoms with E-state index in [1.54, 1.807) is 10.6 Å². The number of rotatable bonds is 0. The third kappa shape index (κ3) is 0.895. The zero-order chi connectivity index (χ0) is 10.6. The molecule has 0 fully saturated rings. The lowest BCUT2D eigenvalue weighted by atomic mass is 10.3. The minimum atomic E-state index is -0.479. The van der Waals surface area contributed by atoms with Crippen LogP contribution in [-0.2, 0) is 0 Å². The normalized spacial score (nSPS) is 14.5. The largest absolute Gasteiger partial charge is 0.358 e. The monoisotopic (exact) mass is 205 g/mol. The number of nitrogens with two attached hydrogens (primary N) is 1. The number of nitrogens with zero attached hydrogens (tertiary/aromatic N) is 4. The maximum absolute atomic E-state index is 11.6. The first-order valence-corrected chi connectivity index (χ1v) is 4.29. The van der Waals surface area contributed by atoms with Crippen LogP contribution < -0.4 is 10.7 Å². The Labute approximate surface area is 84.0 Å². The lowest BCUT2D eigenvalue weighted by molar-refractivity contribution is -0.0367. The Hall–Kier alpha value is -2.15. The molecule has 0 aromatic carbocycles. The lowest BCUT2D eigenvalue weighted by Crippen LogP contribution is -2.43. The summed E-state index contributed by atoms with van der Waals surface area (Å²) in [6, 6.07) is 1.75. The molecule has 76 valence electrons. The molecule has 2 aromatic heterocycles. The summed E-state index contributed by atoms with van der Waals surface area (Å²) in [5.41, 5.74) is 1.66. The predicted octanol–water partition coefficient (Wildman–Crippen LogP) is -0.339. The molecule has 0 radical (unpaired) electrons. The molecule has 0 unspecified atom stereocenters. The van der Waals surface area contributed by atoms with Crippen molar-refractivity contribution >= 4 is 11.4 Å². The molecule has 7 nitrogen and oxygen atoms in total. The zero-order valence-corrected chi connectivity index (χ0v) is 7.84. The van der Waals surface area contributed by atoms with Crippen molar-refractivity contribution in [1.82, 2.24) is 19.8 Å². The number of carbonyl (C=O) groups excluding carboxylic acids is 1. The smallest absolute Gasteiger partial charge is 0.323 e. The Balaban J connectivity index is 2.47. The van der Waals surface area contributed by atoms with Gasteiger partial charge in [-0.25, -0.2) is 15.3 Å². The molecule has 0 saturated carbocycles. The quantitative estimate of drug-likeness (QED) is 0.469. The van der Waals surface area contributed by atoms with E-state index in [-0.39, 0.29) is 5.69 Å². The molecule has 1 aliphatic heterocycles. The average Bonchev–Trinajstić information content (AvgIpc) is 2.54. The Morgan fingerprint density at radius 2 is 2.33 bits per heavy atom. The van der Waals surface area contributed by atoms with E-state index < -0.39 is 5.91 Å². The van der Waals surface area contributed by atoms with Gasteiger partial charge in [-0.15, -0.1) is 0 Å². The van der Waals surface area contributed by atoms with Crippen LogP contribution in [0.5, 0.6) is 5.75 Å². The maximum atomic E-state index is 11.6. The second kappa shape index (κ2) is 2.45. The summed E-state index contributed by atoms with van der Waals surface area (Å²) in [5, 5.41) is 4.69. The van der Waals surface area contributed by atoms with Gasteiger partial charge >= 0.3 is 5.91 Å². The van der Waals surface area contributed by atoms with Gasteiger partial charge in [0.1, 0.15) is 11.8 Å². The first-order valence-electron chi connectivity index (χ1n) is 4.29. The first-order chi connectivity index (χ1) is 7.18. The fourth-order valence-electron chi connectivity index (χ4n) is 1.64. The van der Waals surface area contributed by atoms with Crippen LogP contribution in [0.1, 0.15) is 16.2 Å². The number of aryl methyl sites for hydroxylation is 1. The molecule has 0 atom stereocenters. The van der Waals surface area contributed by atoms with Gasteiger partial charge in [-0.1, -0.05) is 5.17 Å². The second-order valence-corrected chi connectivity index (χ2v) is 3.24. The third-order valence-corrected chi connectivity index (χ3v) is 2.30. The van der Waals surface area contributed by atoms with E-state index in [0.717, 1.165) is 5.69 Å². The van der Waals surface area contributed by atoms with Crippen molar-refractivity contribution in [3.05, 3.63) is 23.8 Å². The Kier molecular flexibility index (Phi) is 1.34. The molecule has 0 spiro atoms. The highest BCUT2D eigenvalue weighted by Gasteiger charge is 2.29. The number of hydrogen-bond acceptors (Lipinski definition) is 5. The van der Waals surface area contributed by atoms with E-state index in [2.05, 4.69) is 10.1 Å². The molecule has 0 bridgehead atoms. The zero-order valence-electron chi connectivity index (χ0n) is 7.84. The van der Waals surface area contributed by atoms with Crippen molar-refractivity contribution in [2.24, 2.45) is 5.84 Å². The number of hydrazine groups is 1. The molecule has 3 heterocycles. The summed E-state index contributed by atoms with van der Waals surface area (Å²) in [6.45, 7) is 1.85. The van der Waals surface area contributed by atoms with Gasteiger partial charge in [0.05, 0.1) is 0 Å². The Bertz CT molecular complexity index is 576. The van der Waals surface area contributed by atoms with Crippen molar-refractivity contribution in [3.8, 4) is 5.75 Å². The average molecular weight is 205 g/mol. The fourth-order valence-corrected chi connectivity index (χ4v) is 1.64. The summed E-state index contributed by atoms with van der Waals surface area (Å²) in [6.07, 6.45) is 1.32.